The minimum absolute atomic E-state index is 0.135. The molecular formula is C22H26BrN3O3S. The van der Waals surface area contributed by atoms with E-state index in [1.807, 2.05) is 30.3 Å². The number of carbonyl (C=O) groups excluding carboxylic acids is 2. The zero-order valence-corrected chi connectivity index (χ0v) is 19.5. The Morgan fingerprint density at radius 2 is 1.90 bits per heavy atom. The van der Waals surface area contributed by atoms with Crippen LogP contribution < -0.4 is 15.8 Å². The van der Waals surface area contributed by atoms with Gasteiger partial charge in [-0.25, -0.2) is 0 Å². The number of hydrogen-bond donors (Lipinski definition) is 2. The van der Waals surface area contributed by atoms with E-state index < -0.39 is 5.91 Å². The topological polar surface area (TPSA) is 84.7 Å². The Balaban J connectivity index is 2.07. The van der Waals surface area contributed by atoms with Gasteiger partial charge in [0, 0.05) is 25.1 Å². The van der Waals surface area contributed by atoms with Crippen molar-refractivity contribution in [3.63, 3.8) is 0 Å². The van der Waals surface area contributed by atoms with E-state index in [0.717, 1.165) is 5.56 Å². The van der Waals surface area contributed by atoms with Crippen LogP contribution in [-0.4, -0.2) is 35.0 Å². The fourth-order valence-electron chi connectivity index (χ4n) is 2.57. The number of amides is 2. The van der Waals surface area contributed by atoms with Crippen molar-refractivity contribution in [1.29, 1.82) is 0 Å². The molecule has 2 aromatic carbocycles. The van der Waals surface area contributed by atoms with Gasteiger partial charge in [-0.2, -0.15) is 0 Å². The van der Waals surface area contributed by atoms with E-state index >= 15 is 0 Å². The summed E-state index contributed by atoms with van der Waals surface area (Å²) in [6.07, 6.45) is 0.135. The molecule has 0 aliphatic rings. The van der Waals surface area contributed by atoms with Crippen molar-refractivity contribution in [3.8, 4) is 5.75 Å². The number of primary amides is 1. The number of hydrogen-bond acceptors (Lipinski definition) is 4. The van der Waals surface area contributed by atoms with Crippen LogP contribution in [0.15, 0.2) is 53.0 Å². The summed E-state index contributed by atoms with van der Waals surface area (Å²) in [6, 6.07) is 14.8. The molecule has 0 aromatic heterocycles. The lowest BCUT2D eigenvalue weighted by Gasteiger charge is -2.25. The van der Waals surface area contributed by atoms with Gasteiger partial charge in [0.05, 0.1) is 11.1 Å². The van der Waals surface area contributed by atoms with E-state index in [-0.39, 0.29) is 17.4 Å². The van der Waals surface area contributed by atoms with Crippen LogP contribution in [0.25, 0.3) is 0 Å². The third kappa shape index (κ3) is 7.76. The summed E-state index contributed by atoms with van der Waals surface area (Å²) < 4.78 is 6.41. The third-order valence-electron chi connectivity index (χ3n) is 4.12. The fourth-order valence-corrected chi connectivity index (χ4v) is 3.31. The van der Waals surface area contributed by atoms with E-state index in [9.17, 15) is 9.59 Å². The highest BCUT2D eigenvalue weighted by atomic mass is 79.9. The van der Waals surface area contributed by atoms with Gasteiger partial charge < -0.3 is 15.4 Å². The smallest absolute Gasteiger partial charge is 0.257 e. The van der Waals surface area contributed by atoms with Crippen molar-refractivity contribution in [2.45, 2.75) is 26.8 Å². The van der Waals surface area contributed by atoms with Crippen molar-refractivity contribution in [1.82, 2.24) is 10.2 Å². The second-order valence-corrected chi connectivity index (χ2v) is 8.47. The van der Waals surface area contributed by atoms with Crippen LogP contribution in [0.4, 0.5) is 0 Å². The van der Waals surface area contributed by atoms with Gasteiger partial charge in [-0.15, -0.1) is 0 Å². The predicted molar refractivity (Wildman–Crippen MR) is 125 cm³/mol. The van der Waals surface area contributed by atoms with Crippen LogP contribution >= 0.6 is 28.1 Å². The molecule has 0 saturated heterocycles. The SMILES string of the molecule is CC(C)COc1ccc(C(=O)NC(=S)N(CCC(N)=O)Cc2ccccc2)cc1Br. The van der Waals surface area contributed by atoms with Crippen LogP contribution in [0.3, 0.4) is 0 Å². The van der Waals surface area contributed by atoms with Crippen LogP contribution in [0.2, 0.25) is 0 Å². The van der Waals surface area contributed by atoms with Crippen molar-refractivity contribution in [2.24, 2.45) is 11.7 Å². The lowest BCUT2D eigenvalue weighted by atomic mass is 10.2. The van der Waals surface area contributed by atoms with Gasteiger partial charge in [-0.3, -0.25) is 14.9 Å². The average Bonchev–Trinajstić information content (AvgIpc) is 2.70. The van der Waals surface area contributed by atoms with Gasteiger partial charge >= 0.3 is 0 Å². The average molecular weight is 492 g/mol. The van der Waals surface area contributed by atoms with E-state index in [0.29, 0.717) is 41.4 Å². The van der Waals surface area contributed by atoms with Gasteiger partial charge in [-0.1, -0.05) is 44.2 Å². The van der Waals surface area contributed by atoms with Gasteiger partial charge in [0.2, 0.25) is 5.91 Å². The Morgan fingerprint density at radius 3 is 2.50 bits per heavy atom. The molecule has 2 amide bonds. The molecule has 2 aromatic rings. The molecule has 6 nitrogen and oxygen atoms in total. The minimum Gasteiger partial charge on any atom is -0.492 e. The molecule has 0 bridgehead atoms. The summed E-state index contributed by atoms with van der Waals surface area (Å²) in [6.45, 7) is 5.49. The number of nitrogens with one attached hydrogen (secondary N) is 1. The molecule has 0 spiro atoms. The van der Waals surface area contributed by atoms with Crippen molar-refractivity contribution >= 4 is 45.1 Å². The Hall–Kier alpha value is -2.45. The number of benzene rings is 2. The number of nitrogens with two attached hydrogens (primary N) is 1. The van der Waals surface area contributed by atoms with Crippen LogP contribution in [0.5, 0.6) is 5.75 Å². The summed E-state index contributed by atoms with van der Waals surface area (Å²) in [7, 11) is 0. The van der Waals surface area contributed by atoms with Gasteiger partial charge in [0.1, 0.15) is 5.75 Å². The zero-order valence-electron chi connectivity index (χ0n) is 17.1. The molecule has 0 atom stereocenters. The number of halogens is 1. The monoisotopic (exact) mass is 491 g/mol. The number of rotatable bonds is 9. The minimum atomic E-state index is -0.428. The highest BCUT2D eigenvalue weighted by Crippen LogP contribution is 2.26. The Bertz CT molecular complexity index is 890. The van der Waals surface area contributed by atoms with E-state index in [1.54, 1.807) is 23.1 Å². The third-order valence-corrected chi connectivity index (χ3v) is 5.10. The highest BCUT2D eigenvalue weighted by Gasteiger charge is 2.16. The molecular weight excluding hydrogens is 466 g/mol. The molecule has 0 heterocycles. The molecule has 0 radical (unpaired) electrons. The summed E-state index contributed by atoms with van der Waals surface area (Å²) in [4.78, 5) is 25.7. The predicted octanol–water partition coefficient (Wildman–Crippen LogP) is 3.88. The van der Waals surface area contributed by atoms with Crippen molar-refractivity contribution < 1.29 is 14.3 Å². The molecule has 0 unspecified atom stereocenters. The summed E-state index contributed by atoms with van der Waals surface area (Å²) in [5.74, 6) is 0.305. The van der Waals surface area contributed by atoms with Gasteiger partial charge in [0.15, 0.2) is 5.11 Å². The van der Waals surface area contributed by atoms with Crippen LogP contribution in [0, 0.1) is 5.92 Å². The molecule has 0 fully saturated rings. The lowest BCUT2D eigenvalue weighted by Crippen LogP contribution is -2.43. The largest absolute Gasteiger partial charge is 0.492 e. The molecule has 30 heavy (non-hydrogen) atoms. The maximum Gasteiger partial charge on any atom is 0.257 e. The molecule has 3 N–H and O–H groups in total. The van der Waals surface area contributed by atoms with E-state index in [2.05, 4.69) is 35.1 Å². The number of ether oxygens (including phenoxy) is 1. The highest BCUT2D eigenvalue weighted by molar-refractivity contribution is 9.10. The molecule has 160 valence electrons. The number of nitrogens with zero attached hydrogens (tertiary/aromatic N) is 1. The Labute approximate surface area is 190 Å². The molecule has 0 aliphatic carbocycles. The van der Waals surface area contributed by atoms with Crippen LogP contribution in [0.1, 0.15) is 36.2 Å². The first-order valence-electron chi connectivity index (χ1n) is 9.61. The first kappa shape index (κ1) is 23.8. The molecule has 2 rings (SSSR count). The first-order chi connectivity index (χ1) is 14.3. The molecule has 0 saturated carbocycles. The summed E-state index contributed by atoms with van der Waals surface area (Å²) in [5.41, 5.74) is 6.74. The maximum atomic E-state index is 12.7. The van der Waals surface area contributed by atoms with Crippen molar-refractivity contribution in [2.75, 3.05) is 13.2 Å². The second-order valence-electron chi connectivity index (χ2n) is 7.23. The molecule has 8 heteroatoms. The van der Waals surface area contributed by atoms with Crippen molar-refractivity contribution in [3.05, 3.63) is 64.1 Å². The lowest BCUT2D eigenvalue weighted by molar-refractivity contribution is -0.118. The molecule has 0 aliphatic heterocycles. The Morgan fingerprint density at radius 1 is 1.20 bits per heavy atom. The van der Waals surface area contributed by atoms with Gasteiger partial charge in [0.25, 0.3) is 5.91 Å². The summed E-state index contributed by atoms with van der Waals surface area (Å²) >= 11 is 8.88. The quantitative estimate of drug-likeness (QED) is 0.520. The van der Waals surface area contributed by atoms with E-state index in [1.165, 1.54) is 0 Å². The summed E-state index contributed by atoms with van der Waals surface area (Å²) in [5, 5.41) is 2.98. The fraction of sp³-hybridized carbons (Fsp3) is 0.318. The Kier molecular flexibility index (Phi) is 9.26. The number of thiocarbonyl (C=S) groups is 1. The standard InChI is InChI=1S/C22H26BrN3O3S/c1-15(2)14-29-19-9-8-17(12-18(19)23)21(28)25-22(30)26(11-10-20(24)27)13-16-6-4-3-5-7-16/h3-9,12,15H,10-11,13-14H2,1-2H3,(H2,24,27)(H,25,28,30). The maximum absolute atomic E-state index is 12.7. The zero-order chi connectivity index (χ0) is 22.1. The van der Waals surface area contributed by atoms with Crippen LogP contribution in [-0.2, 0) is 11.3 Å². The second kappa shape index (κ2) is 11.7. The van der Waals surface area contributed by atoms with E-state index in [4.69, 9.17) is 22.7 Å². The van der Waals surface area contributed by atoms with Gasteiger partial charge in [-0.05, 0) is 57.8 Å². The first-order valence-corrected chi connectivity index (χ1v) is 10.8. The number of carbonyl (C=O) groups is 2. The normalized spacial score (nSPS) is 10.5.